The van der Waals surface area contributed by atoms with Gasteiger partial charge >= 0.3 is 19.8 Å². The number of phosphoric ester groups is 1. The standard InChI is InChI=1S/C66H124NO8P/c1-3-5-7-9-11-13-15-17-19-21-23-25-27-29-31-33-34-36-38-40-42-44-46-48-50-52-54-56-58-65(68)72-62-64(63-74-76(70,71)73-61-60-67)75-66(69)59-57-55-53-51-49-47-45-43-41-39-37-35-32-30-28-26-24-22-20-18-16-14-12-10-8-6-4-2/h6,8,12,14,18,20,24,26,64H,3-5,7,9-11,13,15-17,19,21-23,25,27-63,67H2,1-2H3,(H,70,71)/b8-6-,14-12-,20-18-,26-24-. The lowest BCUT2D eigenvalue weighted by Gasteiger charge is -2.19. The molecule has 0 aliphatic carbocycles. The molecule has 0 amide bonds. The van der Waals surface area contributed by atoms with Gasteiger partial charge in [-0.25, -0.2) is 4.57 Å². The molecule has 3 N–H and O–H groups in total. The number of allylic oxidation sites excluding steroid dienone is 8. The largest absolute Gasteiger partial charge is 0.472 e. The second-order valence-electron chi connectivity index (χ2n) is 22.0. The maximum Gasteiger partial charge on any atom is 0.472 e. The number of rotatable bonds is 62. The maximum atomic E-state index is 12.7. The van der Waals surface area contributed by atoms with Crippen LogP contribution in [0.2, 0.25) is 0 Å². The van der Waals surface area contributed by atoms with Crippen LogP contribution in [0, 0.1) is 0 Å². The zero-order chi connectivity index (χ0) is 55.2. The molecular weight excluding hydrogens is 966 g/mol. The molecule has 0 aromatic heterocycles. The van der Waals surface area contributed by atoms with E-state index in [2.05, 4.69) is 62.5 Å². The summed E-state index contributed by atoms with van der Waals surface area (Å²) in [6.07, 6.45) is 77.6. The van der Waals surface area contributed by atoms with Gasteiger partial charge in [0.05, 0.1) is 13.2 Å². The molecule has 0 rings (SSSR count). The minimum absolute atomic E-state index is 0.0545. The molecule has 2 unspecified atom stereocenters. The molecule has 0 heterocycles. The van der Waals surface area contributed by atoms with Crippen LogP contribution in [0.3, 0.4) is 0 Å². The van der Waals surface area contributed by atoms with Crippen molar-refractivity contribution in [3.8, 4) is 0 Å². The molecule has 9 nitrogen and oxygen atoms in total. The van der Waals surface area contributed by atoms with Gasteiger partial charge < -0.3 is 20.1 Å². The summed E-state index contributed by atoms with van der Waals surface area (Å²) in [5, 5.41) is 0. The molecule has 0 bridgehead atoms. The van der Waals surface area contributed by atoms with Gasteiger partial charge in [-0.15, -0.1) is 0 Å². The van der Waals surface area contributed by atoms with E-state index in [0.717, 1.165) is 64.2 Å². The Hall–Kier alpha value is -2.03. The second-order valence-corrected chi connectivity index (χ2v) is 23.4. The van der Waals surface area contributed by atoms with Crippen molar-refractivity contribution < 1.29 is 37.6 Å². The van der Waals surface area contributed by atoms with Crippen molar-refractivity contribution in [2.75, 3.05) is 26.4 Å². The second kappa shape index (κ2) is 62.2. The van der Waals surface area contributed by atoms with Crippen LogP contribution in [0.25, 0.3) is 0 Å². The zero-order valence-electron chi connectivity index (χ0n) is 50.0. The van der Waals surface area contributed by atoms with Gasteiger partial charge in [0.15, 0.2) is 6.10 Å². The Balaban J connectivity index is 3.87. The average Bonchev–Trinajstić information content (AvgIpc) is 3.41. The van der Waals surface area contributed by atoms with Crippen LogP contribution >= 0.6 is 7.82 Å². The molecule has 0 aromatic carbocycles. The van der Waals surface area contributed by atoms with Crippen LogP contribution < -0.4 is 5.73 Å². The maximum absolute atomic E-state index is 12.7. The molecule has 0 fully saturated rings. The molecule has 0 saturated carbocycles. The Bertz CT molecular complexity index is 1380. The van der Waals surface area contributed by atoms with E-state index < -0.39 is 26.5 Å². The third kappa shape index (κ3) is 61.2. The molecule has 0 radical (unpaired) electrons. The molecule has 0 saturated heterocycles. The number of unbranched alkanes of at least 4 members (excludes halogenated alkanes) is 41. The van der Waals surface area contributed by atoms with Gasteiger partial charge in [0, 0.05) is 19.4 Å². The highest BCUT2D eigenvalue weighted by Gasteiger charge is 2.26. The van der Waals surface area contributed by atoms with E-state index in [1.165, 1.54) is 231 Å². The molecule has 76 heavy (non-hydrogen) atoms. The number of nitrogens with two attached hydrogens (primary N) is 1. The molecule has 0 spiro atoms. The minimum atomic E-state index is -4.39. The number of hydrogen-bond donors (Lipinski definition) is 2. The smallest absolute Gasteiger partial charge is 0.462 e. The van der Waals surface area contributed by atoms with Crippen LogP contribution in [-0.4, -0.2) is 49.3 Å². The summed E-state index contributed by atoms with van der Waals surface area (Å²) in [5.41, 5.74) is 5.40. The van der Waals surface area contributed by atoms with Gasteiger partial charge in [-0.2, -0.15) is 0 Å². The van der Waals surface area contributed by atoms with Gasteiger partial charge in [0.25, 0.3) is 0 Å². The Labute approximate surface area is 470 Å². The van der Waals surface area contributed by atoms with Crippen molar-refractivity contribution in [3.05, 3.63) is 48.6 Å². The van der Waals surface area contributed by atoms with Crippen LogP contribution in [0.15, 0.2) is 48.6 Å². The molecule has 0 aromatic rings. The first kappa shape index (κ1) is 74.0. The van der Waals surface area contributed by atoms with E-state index in [9.17, 15) is 19.0 Å². The van der Waals surface area contributed by atoms with E-state index >= 15 is 0 Å². The van der Waals surface area contributed by atoms with Gasteiger partial charge in [-0.1, -0.05) is 313 Å². The number of phosphoric acid groups is 1. The van der Waals surface area contributed by atoms with Gasteiger partial charge in [-0.05, 0) is 51.4 Å². The first-order valence-electron chi connectivity index (χ1n) is 32.6. The monoisotopic (exact) mass is 1090 g/mol. The van der Waals surface area contributed by atoms with Gasteiger partial charge in [0.1, 0.15) is 6.61 Å². The Morgan fingerprint density at radius 3 is 1.08 bits per heavy atom. The van der Waals surface area contributed by atoms with E-state index in [1.54, 1.807) is 0 Å². The topological polar surface area (TPSA) is 134 Å². The van der Waals surface area contributed by atoms with Gasteiger partial charge in [0.2, 0.25) is 0 Å². The quantitative estimate of drug-likeness (QED) is 0.0264. The fraction of sp³-hybridized carbons (Fsp3) is 0.848. The number of hydrogen-bond acceptors (Lipinski definition) is 8. The molecule has 446 valence electrons. The van der Waals surface area contributed by atoms with Crippen molar-refractivity contribution in [1.82, 2.24) is 0 Å². The highest BCUT2D eigenvalue weighted by Crippen LogP contribution is 2.43. The Morgan fingerprint density at radius 2 is 0.724 bits per heavy atom. The van der Waals surface area contributed by atoms with E-state index in [-0.39, 0.29) is 38.6 Å². The summed E-state index contributed by atoms with van der Waals surface area (Å²) in [5.74, 6) is -0.811. The van der Waals surface area contributed by atoms with Crippen molar-refractivity contribution in [3.63, 3.8) is 0 Å². The predicted octanol–water partition coefficient (Wildman–Crippen LogP) is 20.9. The highest BCUT2D eigenvalue weighted by molar-refractivity contribution is 7.47. The number of carbonyl (C=O) groups excluding carboxylic acids is 2. The van der Waals surface area contributed by atoms with Crippen molar-refractivity contribution in [1.29, 1.82) is 0 Å². The van der Waals surface area contributed by atoms with E-state index in [0.29, 0.717) is 6.42 Å². The summed E-state index contributed by atoms with van der Waals surface area (Å²) >= 11 is 0. The van der Waals surface area contributed by atoms with Crippen molar-refractivity contribution >= 4 is 19.8 Å². The Morgan fingerprint density at radius 1 is 0.408 bits per heavy atom. The fourth-order valence-electron chi connectivity index (χ4n) is 9.69. The third-order valence-electron chi connectivity index (χ3n) is 14.5. The van der Waals surface area contributed by atoms with Crippen LogP contribution in [-0.2, 0) is 32.7 Å². The highest BCUT2D eigenvalue weighted by atomic mass is 31.2. The van der Waals surface area contributed by atoms with E-state index in [4.69, 9.17) is 24.3 Å². The first-order valence-corrected chi connectivity index (χ1v) is 34.1. The lowest BCUT2D eigenvalue weighted by Crippen LogP contribution is -2.29. The summed E-state index contributed by atoms with van der Waals surface area (Å²) in [7, 11) is -4.39. The third-order valence-corrected chi connectivity index (χ3v) is 15.5. The summed E-state index contributed by atoms with van der Waals surface area (Å²) in [4.78, 5) is 35.3. The zero-order valence-corrected chi connectivity index (χ0v) is 50.9. The fourth-order valence-corrected chi connectivity index (χ4v) is 10.5. The number of esters is 2. The lowest BCUT2D eigenvalue weighted by atomic mass is 10.0. The predicted molar refractivity (Wildman–Crippen MR) is 326 cm³/mol. The van der Waals surface area contributed by atoms with Crippen LogP contribution in [0.5, 0.6) is 0 Å². The van der Waals surface area contributed by atoms with Crippen molar-refractivity contribution in [2.24, 2.45) is 5.73 Å². The molecule has 10 heteroatoms. The minimum Gasteiger partial charge on any atom is -0.462 e. The Kier molecular flexibility index (Phi) is 60.5. The summed E-state index contributed by atoms with van der Waals surface area (Å²) in [6.45, 7) is 3.69. The normalized spacial score (nSPS) is 13.3. The van der Waals surface area contributed by atoms with Crippen molar-refractivity contribution in [2.45, 2.75) is 335 Å². The number of carbonyl (C=O) groups is 2. The first-order chi connectivity index (χ1) is 37.3. The molecule has 0 aliphatic heterocycles. The summed E-state index contributed by atoms with van der Waals surface area (Å²) < 4.78 is 33.1. The molecule has 2 atom stereocenters. The number of ether oxygens (including phenoxy) is 2. The SMILES string of the molecule is CC/C=C\C/C=C\C/C=C\C/C=C\CCCCCCCCCCCCCCCCC(=O)OC(COC(=O)CCCCCCCCCCCCCCCCCCCCCCCCCCCCCC)COP(=O)(O)OCCN. The molecule has 0 aliphatic rings. The lowest BCUT2D eigenvalue weighted by molar-refractivity contribution is -0.161. The molecular formula is C66H124NO8P. The van der Waals surface area contributed by atoms with Crippen LogP contribution in [0.4, 0.5) is 0 Å². The van der Waals surface area contributed by atoms with E-state index in [1.807, 2.05) is 0 Å². The average molecular weight is 1090 g/mol. The van der Waals surface area contributed by atoms with Crippen LogP contribution in [0.1, 0.15) is 328 Å². The summed E-state index contributed by atoms with van der Waals surface area (Å²) in [6, 6.07) is 0. The van der Waals surface area contributed by atoms with Gasteiger partial charge in [-0.3, -0.25) is 18.6 Å².